The first-order valence-electron chi connectivity index (χ1n) is 7.98. The molecule has 1 aromatic heterocycles. The molecule has 0 aliphatic carbocycles. The molecule has 0 spiro atoms. The molecule has 28 heavy (non-hydrogen) atoms. The Balaban J connectivity index is 1.78. The molecule has 142 valence electrons. The average Bonchev–Trinajstić information content (AvgIpc) is 3.07. The number of hydrogen-bond acceptors (Lipinski definition) is 5. The van der Waals surface area contributed by atoms with Gasteiger partial charge in [-0.2, -0.15) is 10.2 Å². The van der Waals surface area contributed by atoms with E-state index in [2.05, 4.69) is 31.6 Å². The maximum atomic E-state index is 13.5. The van der Waals surface area contributed by atoms with E-state index in [0.717, 1.165) is 16.3 Å². The molecule has 0 unspecified atom stereocenters. The van der Waals surface area contributed by atoms with E-state index in [1.807, 2.05) is 24.3 Å². The summed E-state index contributed by atoms with van der Waals surface area (Å²) in [5.74, 6) is -1.38. The van der Waals surface area contributed by atoms with Gasteiger partial charge in [-0.3, -0.25) is 19.6 Å². The minimum Gasteiger partial charge on any atom is -0.265 e. The summed E-state index contributed by atoms with van der Waals surface area (Å²) in [5, 5.41) is 18.9. The number of hydrogen-bond donors (Lipinski definition) is 1. The van der Waals surface area contributed by atoms with Crippen LogP contribution in [0.1, 0.15) is 21.6 Å². The highest BCUT2D eigenvalue weighted by molar-refractivity contribution is 9.10. The Kier molecular flexibility index (Phi) is 5.90. The fraction of sp³-hybridized carbons (Fsp3) is 0.0556. The molecule has 3 aromatic rings. The first kappa shape index (κ1) is 19.4. The Morgan fingerprint density at radius 1 is 1.32 bits per heavy atom. The molecular weight excluding hydrogens is 433 g/mol. The molecule has 0 aliphatic heterocycles. The van der Waals surface area contributed by atoms with Gasteiger partial charge in [-0.25, -0.2) is 9.82 Å². The van der Waals surface area contributed by atoms with Gasteiger partial charge in [-0.1, -0.05) is 46.3 Å². The zero-order valence-electron chi connectivity index (χ0n) is 14.3. The molecule has 2 aromatic carbocycles. The van der Waals surface area contributed by atoms with Crippen LogP contribution < -0.4 is 5.43 Å². The van der Waals surface area contributed by atoms with Gasteiger partial charge in [0.2, 0.25) is 5.69 Å². The molecular formula is C18H13BrFN5O3. The minimum atomic E-state index is -0.868. The minimum absolute atomic E-state index is 0.164. The zero-order chi connectivity index (χ0) is 20.1. The lowest BCUT2D eigenvalue weighted by molar-refractivity contribution is -0.385. The van der Waals surface area contributed by atoms with Gasteiger partial charge >= 0.3 is 5.69 Å². The first-order chi connectivity index (χ1) is 13.4. The van der Waals surface area contributed by atoms with Gasteiger partial charge in [0.1, 0.15) is 12.0 Å². The molecule has 0 saturated heterocycles. The van der Waals surface area contributed by atoms with Crippen LogP contribution in [0.15, 0.2) is 64.3 Å². The number of nitro groups is 1. The third kappa shape index (κ3) is 4.65. The van der Waals surface area contributed by atoms with Gasteiger partial charge < -0.3 is 0 Å². The maximum absolute atomic E-state index is 13.5. The van der Waals surface area contributed by atoms with Crippen LogP contribution in [-0.4, -0.2) is 26.8 Å². The summed E-state index contributed by atoms with van der Waals surface area (Å²) >= 11 is 3.35. The van der Waals surface area contributed by atoms with E-state index in [0.29, 0.717) is 0 Å². The van der Waals surface area contributed by atoms with Crippen molar-refractivity contribution >= 4 is 33.7 Å². The lowest BCUT2D eigenvalue weighted by atomic mass is 10.2. The van der Waals surface area contributed by atoms with E-state index in [4.69, 9.17) is 0 Å². The molecule has 1 N–H and O–H groups in total. The highest BCUT2D eigenvalue weighted by Crippen LogP contribution is 2.19. The largest absolute Gasteiger partial charge is 0.320 e. The Bertz CT molecular complexity index is 1070. The number of carbonyl (C=O) groups excluding carboxylic acids is 1. The fourth-order valence-electron chi connectivity index (χ4n) is 2.40. The number of aromatic nitrogens is 2. The second kappa shape index (κ2) is 8.53. The van der Waals surface area contributed by atoms with E-state index in [1.165, 1.54) is 29.1 Å². The van der Waals surface area contributed by atoms with Crippen molar-refractivity contribution < 1.29 is 14.1 Å². The summed E-state index contributed by atoms with van der Waals surface area (Å²) < 4.78 is 15.7. The number of rotatable bonds is 6. The van der Waals surface area contributed by atoms with Crippen molar-refractivity contribution in [3.8, 4) is 0 Å². The average molecular weight is 446 g/mol. The molecule has 0 bridgehead atoms. The second-order valence-corrected chi connectivity index (χ2v) is 6.58. The number of carbonyl (C=O) groups is 1. The van der Waals surface area contributed by atoms with Crippen LogP contribution in [0.3, 0.4) is 0 Å². The Morgan fingerprint density at radius 2 is 2.11 bits per heavy atom. The van der Waals surface area contributed by atoms with E-state index in [9.17, 15) is 19.3 Å². The van der Waals surface area contributed by atoms with Gasteiger partial charge in [0.15, 0.2) is 0 Å². The number of nitrogens with one attached hydrogen (secondary N) is 1. The summed E-state index contributed by atoms with van der Waals surface area (Å²) in [6.07, 6.45) is 2.29. The van der Waals surface area contributed by atoms with E-state index < -0.39 is 22.3 Å². The number of amides is 1. The normalized spacial score (nSPS) is 10.9. The molecule has 0 atom stereocenters. The second-order valence-electron chi connectivity index (χ2n) is 5.67. The first-order valence-corrected chi connectivity index (χ1v) is 8.77. The molecule has 0 fully saturated rings. The Labute approximate surface area is 167 Å². The van der Waals surface area contributed by atoms with Crippen molar-refractivity contribution in [3.63, 3.8) is 0 Å². The predicted molar refractivity (Wildman–Crippen MR) is 104 cm³/mol. The number of nitrogens with zero attached hydrogens (tertiary/aromatic N) is 4. The summed E-state index contributed by atoms with van der Waals surface area (Å²) in [5.41, 5.74) is 2.31. The third-order valence-electron chi connectivity index (χ3n) is 3.66. The number of hydrazone groups is 1. The summed E-state index contributed by atoms with van der Waals surface area (Å²) in [4.78, 5) is 22.8. The van der Waals surface area contributed by atoms with Crippen molar-refractivity contribution in [1.82, 2.24) is 15.2 Å². The van der Waals surface area contributed by atoms with Gasteiger partial charge in [0, 0.05) is 10.0 Å². The lowest BCUT2D eigenvalue weighted by Gasteiger charge is -2.01. The molecule has 10 heteroatoms. The van der Waals surface area contributed by atoms with E-state index >= 15 is 0 Å². The van der Waals surface area contributed by atoms with Crippen LogP contribution in [-0.2, 0) is 6.54 Å². The third-order valence-corrected chi connectivity index (χ3v) is 4.16. The molecule has 1 heterocycles. The van der Waals surface area contributed by atoms with Crippen molar-refractivity contribution in [2.75, 3.05) is 0 Å². The van der Waals surface area contributed by atoms with Gasteiger partial charge in [-0.15, -0.1) is 0 Å². The van der Waals surface area contributed by atoms with Crippen molar-refractivity contribution in [2.24, 2.45) is 5.10 Å². The van der Waals surface area contributed by atoms with E-state index in [1.54, 1.807) is 6.07 Å². The maximum Gasteiger partial charge on any atom is 0.320 e. The van der Waals surface area contributed by atoms with Crippen LogP contribution in [0.2, 0.25) is 0 Å². The Hall–Kier alpha value is -3.40. The van der Waals surface area contributed by atoms with Gasteiger partial charge in [0.25, 0.3) is 5.91 Å². The zero-order valence-corrected chi connectivity index (χ0v) is 15.8. The highest BCUT2D eigenvalue weighted by atomic mass is 79.9. The van der Waals surface area contributed by atoms with Crippen LogP contribution >= 0.6 is 15.9 Å². The van der Waals surface area contributed by atoms with Crippen LogP contribution in [0.25, 0.3) is 0 Å². The van der Waals surface area contributed by atoms with E-state index in [-0.39, 0.29) is 17.8 Å². The Morgan fingerprint density at radius 3 is 2.82 bits per heavy atom. The quantitative estimate of drug-likeness (QED) is 0.356. The topological polar surface area (TPSA) is 102 Å². The monoisotopic (exact) mass is 445 g/mol. The SMILES string of the molecule is O=C(NN=Cc1ccccc1F)c1nn(Cc2cccc(Br)c2)cc1[N+](=O)[O-]. The smallest absolute Gasteiger partial charge is 0.265 e. The molecule has 3 rings (SSSR count). The summed E-state index contributed by atoms with van der Waals surface area (Å²) in [7, 11) is 0. The predicted octanol–water partition coefficient (Wildman–Crippen LogP) is 3.51. The molecule has 0 radical (unpaired) electrons. The van der Waals surface area contributed by atoms with Crippen LogP contribution in [0.5, 0.6) is 0 Å². The molecule has 1 amide bonds. The number of benzene rings is 2. The molecule has 0 saturated carbocycles. The summed E-state index contributed by atoms with van der Waals surface area (Å²) in [6.45, 7) is 0.242. The lowest BCUT2D eigenvalue weighted by Crippen LogP contribution is -2.20. The van der Waals surface area contributed by atoms with Gasteiger partial charge in [0.05, 0.1) is 17.7 Å². The van der Waals surface area contributed by atoms with Crippen LogP contribution in [0.4, 0.5) is 10.1 Å². The fourth-order valence-corrected chi connectivity index (χ4v) is 2.85. The van der Waals surface area contributed by atoms with Crippen molar-refractivity contribution in [2.45, 2.75) is 6.54 Å². The molecule has 8 nitrogen and oxygen atoms in total. The standard InChI is InChI=1S/C18H13BrFN5O3/c19-14-6-3-4-12(8-14)10-24-11-16(25(27)28)17(23-24)18(26)22-21-9-13-5-1-2-7-15(13)20/h1-9,11H,10H2,(H,22,26). The van der Waals surface area contributed by atoms with Crippen LogP contribution in [0, 0.1) is 15.9 Å². The molecule has 0 aliphatic rings. The number of halogens is 2. The van der Waals surface area contributed by atoms with Crippen molar-refractivity contribution in [3.05, 3.63) is 92.0 Å². The summed E-state index contributed by atoms with van der Waals surface area (Å²) in [6, 6.07) is 13.2. The highest BCUT2D eigenvalue weighted by Gasteiger charge is 2.25. The van der Waals surface area contributed by atoms with Crippen molar-refractivity contribution in [1.29, 1.82) is 0 Å². The van der Waals surface area contributed by atoms with Gasteiger partial charge in [-0.05, 0) is 23.8 Å².